The van der Waals surface area contributed by atoms with E-state index in [-0.39, 0.29) is 16.9 Å². The van der Waals surface area contributed by atoms with Crippen molar-refractivity contribution in [1.82, 2.24) is 35.8 Å². The lowest BCUT2D eigenvalue weighted by Crippen LogP contribution is -2.30. The van der Waals surface area contributed by atoms with E-state index in [1.54, 1.807) is 19.3 Å². The minimum absolute atomic E-state index is 0.187. The molecule has 3 unspecified atom stereocenters. The first-order chi connectivity index (χ1) is 24.0. The summed E-state index contributed by atoms with van der Waals surface area (Å²) in [4.78, 5) is 25.7. The van der Waals surface area contributed by atoms with Crippen molar-refractivity contribution in [2.45, 2.75) is 71.8 Å². The predicted molar refractivity (Wildman–Crippen MR) is 188 cm³/mol. The number of hydrogen-bond acceptors (Lipinski definition) is 10. The van der Waals surface area contributed by atoms with Crippen molar-refractivity contribution >= 4 is 34.1 Å². The van der Waals surface area contributed by atoms with Gasteiger partial charge in [0.15, 0.2) is 5.82 Å². The third kappa shape index (κ3) is 7.47. The number of pyridine rings is 1. The van der Waals surface area contributed by atoms with Gasteiger partial charge in [0.05, 0.1) is 37.5 Å². The maximum absolute atomic E-state index is 16.7. The molecule has 0 bridgehead atoms. The van der Waals surface area contributed by atoms with Crippen molar-refractivity contribution in [1.29, 1.82) is 0 Å². The van der Waals surface area contributed by atoms with E-state index >= 15 is 4.39 Å². The molecule has 3 fully saturated rings. The van der Waals surface area contributed by atoms with Crippen LogP contribution in [0.25, 0.3) is 33.1 Å². The molecular formula is C36H50F2N8O3. The number of nitrogens with zero attached hydrogens (tertiary/aromatic N) is 5. The average molecular weight is 681 g/mol. The fourth-order valence-electron chi connectivity index (χ4n) is 7.51. The van der Waals surface area contributed by atoms with Crippen molar-refractivity contribution in [2.75, 3.05) is 58.5 Å². The van der Waals surface area contributed by atoms with Gasteiger partial charge in [0, 0.05) is 41.7 Å². The molecule has 13 heteroatoms. The largest absolute Gasteiger partial charge is 0.468 e. The van der Waals surface area contributed by atoms with Gasteiger partial charge >= 0.3 is 6.01 Å². The Balaban J connectivity index is 0.000000473. The normalized spacial score (nSPS) is 22.0. The Hall–Kier alpha value is -3.97. The third-order valence-corrected chi connectivity index (χ3v) is 10.1. The van der Waals surface area contributed by atoms with Crippen LogP contribution in [0, 0.1) is 17.2 Å². The van der Waals surface area contributed by atoms with Crippen molar-refractivity contribution < 1.29 is 23.0 Å². The number of anilines is 1. The van der Waals surface area contributed by atoms with Crippen LogP contribution in [0.5, 0.6) is 6.01 Å². The molecule has 0 amide bonds. The minimum atomic E-state index is -0.417. The van der Waals surface area contributed by atoms with Gasteiger partial charge in [0.25, 0.3) is 6.47 Å². The fraction of sp³-hybridized carbons (Fsp3) is 0.583. The Bertz CT molecular complexity index is 1720. The van der Waals surface area contributed by atoms with E-state index in [1.807, 2.05) is 20.9 Å². The summed E-state index contributed by atoms with van der Waals surface area (Å²) in [5.41, 5.74) is 4.95. The molecule has 3 atom stereocenters. The Morgan fingerprint density at radius 1 is 1.16 bits per heavy atom. The van der Waals surface area contributed by atoms with Gasteiger partial charge in [-0.15, -0.1) is 0 Å². The molecule has 49 heavy (non-hydrogen) atoms. The fourth-order valence-corrected chi connectivity index (χ4v) is 7.51. The van der Waals surface area contributed by atoms with Crippen LogP contribution in [-0.4, -0.2) is 91.3 Å². The SMILES string of the molecule is CC.CCOC=O.CF.CNC1CCN(c2nc(OCC34CCCNCC3C4)nc3c(F)c(-c4c5c(cc6[nH]ncc46)CCC5)ncc23)C1. The number of likely N-dealkylation sites (N-methyl/N-ethyl adjacent to an activating group) is 1. The Kier molecular flexibility index (Phi) is 12.3. The van der Waals surface area contributed by atoms with E-state index < -0.39 is 5.82 Å². The molecule has 2 aliphatic heterocycles. The van der Waals surface area contributed by atoms with Crippen LogP contribution in [0.4, 0.5) is 14.6 Å². The quantitative estimate of drug-likeness (QED) is 0.204. The van der Waals surface area contributed by atoms with E-state index in [2.05, 4.69) is 36.5 Å². The zero-order chi connectivity index (χ0) is 35.0. The summed E-state index contributed by atoms with van der Waals surface area (Å²) in [5, 5.41) is 15.8. The Morgan fingerprint density at radius 2 is 2.00 bits per heavy atom. The van der Waals surface area contributed by atoms with Crippen LogP contribution < -0.4 is 20.3 Å². The Morgan fingerprint density at radius 3 is 2.73 bits per heavy atom. The summed E-state index contributed by atoms with van der Waals surface area (Å²) in [5.74, 6) is 0.920. The highest BCUT2D eigenvalue weighted by atomic mass is 19.1. The summed E-state index contributed by atoms with van der Waals surface area (Å²) in [7, 11) is 2.48. The number of rotatable bonds is 8. The number of alkyl halides is 1. The van der Waals surface area contributed by atoms with Crippen LogP contribution in [0.2, 0.25) is 0 Å². The van der Waals surface area contributed by atoms with Gasteiger partial charge in [0.2, 0.25) is 0 Å². The molecule has 2 saturated heterocycles. The van der Waals surface area contributed by atoms with Gasteiger partial charge in [-0.3, -0.25) is 19.3 Å². The maximum Gasteiger partial charge on any atom is 0.319 e. The summed E-state index contributed by atoms with van der Waals surface area (Å²) in [6, 6.07) is 2.77. The van der Waals surface area contributed by atoms with Crippen LogP contribution in [0.15, 0.2) is 18.5 Å². The number of carbonyl (C=O) groups excluding carboxylic acids is 1. The number of benzene rings is 1. The van der Waals surface area contributed by atoms with Gasteiger partial charge in [0.1, 0.15) is 17.0 Å². The first kappa shape index (κ1) is 36.3. The van der Waals surface area contributed by atoms with E-state index in [0.717, 1.165) is 81.2 Å². The van der Waals surface area contributed by atoms with E-state index in [1.165, 1.54) is 17.5 Å². The summed E-state index contributed by atoms with van der Waals surface area (Å²) in [6.07, 6.45) is 10.9. The van der Waals surface area contributed by atoms with Crippen molar-refractivity contribution in [3.05, 3.63) is 35.4 Å². The number of H-pyrrole nitrogens is 1. The lowest BCUT2D eigenvalue weighted by atomic mass is 9.96. The first-order valence-corrected chi connectivity index (χ1v) is 17.6. The highest BCUT2D eigenvalue weighted by Crippen LogP contribution is 2.56. The first-order valence-electron chi connectivity index (χ1n) is 17.6. The molecule has 0 radical (unpaired) electrons. The molecular weight excluding hydrogens is 630 g/mol. The molecule has 8 rings (SSSR count). The lowest BCUT2D eigenvalue weighted by Gasteiger charge is -2.21. The molecule has 0 spiro atoms. The molecule has 2 aliphatic carbocycles. The molecule has 11 nitrogen and oxygen atoms in total. The van der Waals surface area contributed by atoms with Gasteiger partial charge in [-0.05, 0) is 95.1 Å². The van der Waals surface area contributed by atoms with Gasteiger partial charge < -0.3 is 25.0 Å². The highest BCUT2D eigenvalue weighted by molar-refractivity contribution is 5.99. The van der Waals surface area contributed by atoms with E-state index in [9.17, 15) is 9.18 Å². The molecule has 1 aromatic carbocycles. The number of aromatic amines is 1. The number of halogens is 2. The average Bonchev–Trinajstić information content (AvgIpc) is 3.53. The highest BCUT2D eigenvalue weighted by Gasteiger charge is 2.54. The predicted octanol–water partition coefficient (Wildman–Crippen LogP) is 5.55. The van der Waals surface area contributed by atoms with Crippen LogP contribution >= 0.6 is 0 Å². The number of aryl methyl sites for hydroxylation is 1. The van der Waals surface area contributed by atoms with E-state index in [4.69, 9.17) is 19.7 Å². The monoisotopic (exact) mass is 680 g/mol. The zero-order valence-corrected chi connectivity index (χ0v) is 29.4. The van der Waals surface area contributed by atoms with E-state index in [0.29, 0.717) is 55.7 Å². The molecule has 1 saturated carbocycles. The van der Waals surface area contributed by atoms with Crippen LogP contribution in [0.3, 0.4) is 0 Å². The second kappa shape index (κ2) is 16.6. The molecule has 4 aliphatic rings. The smallest absolute Gasteiger partial charge is 0.319 e. The van der Waals surface area contributed by atoms with Gasteiger partial charge in [-0.1, -0.05) is 13.8 Å². The Labute approximate surface area is 287 Å². The van der Waals surface area contributed by atoms with Crippen LogP contribution in [0.1, 0.15) is 64.0 Å². The molecule has 3 aromatic heterocycles. The maximum atomic E-state index is 16.7. The van der Waals surface area contributed by atoms with Gasteiger partial charge in [-0.25, -0.2) is 4.39 Å². The standard InChI is InChI=1S/C30H35FN8O.C3H6O2.C2H6.CH3F/c1-32-19-6-9-39(15-19)28-22-13-34-27(24-20-5-2-4-17(20)10-23-21(24)14-35-38-23)25(31)26(22)36-29(37-28)40-16-30-7-3-8-33-12-18(30)11-30;1-2-5-3-4;2*1-2/h10,13-14,18-19,32-33H,2-9,11-12,15-16H2,1H3,(H,35,38);3H,2H2,1H3;1-2H3;1H3. The number of ether oxygens (including phenoxy) is 2. The molecule has 5 heterocycles. The molecule has 266 valence electrons. The molecule has 3 N–H and O–H groups in total. The number of carbonyl (C=O) groups is 1. The molecule has 4 aromatic rings. The number of nitrogens with one attached hydrogen (secondary N) is 3. The number of fused-ring (bicyclic) bond motifs is 4. The van der Waals surface area contributed by atoms with Crippen molar-refractivity contribution in [2.24, 2.45) is 11.3 Å². The second-order valence-electron chi connectivity index (χ2n) is 12.7. The van der Waals surface area contributed by atoms with Crippen molar-refractivity contribution in [3.63, 3.8) is 0 Å². The van der Waals surface area contributed by atoms with Crippen molar-refractivity contribution in [3.8, 4) is 17.3 Å². The lowest BCUT2D eigenvalue weighted by molar-refractivity contribution is -0.128. The van der Waals surface area contributed by atoms with Crippen LogP contribution in [-0.2, 0) is 22.4 Å². The minimum Gasteiger partial charge on any atom is -0.468 e. The second-order valence-corrected chi connectivity index (χ2v) is 12.7. The van der Waals surface area contributed by atoms with Gasteiger partial charge in [-0.2, -0.15) is 15.1 Å². The number of hydrogen-bond donors (Lipinski definition) is 3. The number of aromatic nitrogens is 5. The third-order valence-electron chi connectivity index (χ3n) is 10.1. The zero-order valence-electron chi connectivity index (χ0n) is 29.4. The summed E-state index contributed by atoms with van der Waals surface area (Å²) in [6.45, 7) is 11.0. The topological polar surface area (TPSA) is 130 Å². The summed E-state index contributed by atoms with van der Waals surface area (Å²) < 4.78 is 36.7. The summed E-state index contributed by atoms with van der Waals surface area (Å²) >= 11 is 0.